The molecule has 0 amide bonds. The van der Waals surface area contributed by atoms with Crippen molar-refractivity contribution < 1.29 is 0 Å². The molecule has 1 N–H and O–H groups in total. The minimum absolute atomic E-state index is 0.885. The van der Waals surface area contributed by atoms with E-state index in [1.807, 2.05) is 0 Å². The van der Waals surface area contributed by atoms with E-state index in [1.54, 1.807) is 0 Å². The van der Waals surface area contributed by atoms with Gasteiger partial charge in [-0.3, -0.25) is 9.80 Å². The lowest BCUT2D eigenvalue weighted by Crippen LogP contribution is -2.52. The first kappa shape index (κ1) is 12.6. The zero-order chi connectivity index (χ0) is 12.7. The summed E-state index contributed by atoms with van der Waals surface area (Å²) in [5.74, 6) is 0.952. The van der Waals surface area contributed by atoms with E-state index < -0.39 is 0 Å². The van der Waals surface area contributed by atoms with Gasteiger partial charge in [0.1, 0.15) is 0 Å². The number of nitrogens with one attached hydrogen (secondary N) is 1. The summed E-state index contributed by atoms with van der Waals surface area (Å²) < 4.78 is 0. The fourth-order valence-electron chi connectivity index (χ4n) is 4.41. The highest BCUT2D eigenvalue weighted by Crippen LogP contribution is 2.34. The van der Waals surface area contributed by atoms with Gasteiger partial charge in [0.25, 0.3) is 0 Å². The van der Waals surface area contributed by atoms with E-state index in [-0.39, 0.29) is 0 Å². The van der Waals surface area contributed by atoms with Crippen molar-refractivity contribution in [1.29, 1.82) is 0 Å². The molecule has 108 valence electrons. The van der Waals surface area contributed by atoms with Crippen LogP contribution in [-0.2, 0) is 0 Å². The SMILES string of the molecule is C1CC2CN(C3CCC3CNC3CC3)CCCN2C1. The van der Waals surface area contributed by atoms with Crippen molar-refractivity contribution in [3.05, 3.63) is 0 Å². The van der Waals surface area contributed by atoms with Gasteiger partial charge in [-0.05, 0) is 77.0 Å². The monoisotopic (exact) mass is 263 g/mol. The zero-order valence-corrected chi connectivity index (χ0v) is 12.2. The van der Waals surface area contributed by atoms with E-state index in [9.17, 15) is 0 Å². The molecular formula is C16H29N3. The third-order valence-electron chi connectivity index (χ3n) is 5.93. The van der Waals surface area contributed by atoms with Crippen molar-refractivity contribution in [2.45, 2.75) is 63.1 Å². The molecule has 0 aromatic carbocycles. The normalized spacial score (nSPS) is 40.7. The van der Waals surface area contributed by atoms with Gasteiger partial charge in [0.05, 0.1) is 0 Å². The van der Waals surface area contributed by atoms with Crippen LogP contribution in [0.15, 0.2) is 0 Å². The molecule has 4 rings (SSSR count). The van der Waals surface area contributed by atoms with Crippen LogP contribution < -0.4 is 5.32 Å². The zero-order valence-electron chi connectivity index (χ0n) is 12.2. The van der Waals surface area contributed by atoms with Gasteiger partial charge in [-0.2, -0.15) is 0 Å². The second-order valence-corrected chi connectivity index (χ2v) is 7.27. The molecule has 2 heterocycles. The summed E-state index contributed by atoms with van der Waals surface area (Å²) in [7, 11) is 0. The molecule has 3 unspecified atom stereocenters. The lowest BCUT2D eigenvalue weighted by molar-refractivity contribution is 0.0560. The second-order valence-electron chi connectivity index (χ2n) is 7.27. The maximum Gasteiger partial charge on any atom is 0.0223 e. The molecule has 0 radical (unpaired) electrons. The van der Waals surface area contributed by atoms with Crippen LogP contribution in [0.1, 0.15) is 44.9 Å². The maximum atomic E-state index is 3.75. The molecule has 3 atom stereocenters. The highest BCUT2D eigenvalue weighted by molar-refractivity contribution is 4.95. The Kier molecular flexibility index (Phi) is 3.55. The van der Waals surface area contributed by atoms with Crippen LogP contribution >= 0.6 is 0 Å². The van der Waals surface area contributed by atoms with E-state index in [2.05, 4.69) is 15.1 Å². The third-order valence-corrected chi connectivity index (χ3v) is 5.93. The van der Waals surface area contributed by atoms with Crippen LogP contribution in [0, 0.1) is 5.92 Å². The van der Waals surface area contributed by atoms with E-state index >= 15 is 0 Å². The molecular weight excluding hydrogens is 234 g/mol. The minimum Gasteiger partial charge on any atom is -0.314 e. The standard InChI is InChI=1S/C16H29N3/c1-3-15-12-19(10-2-9-18(15)8-1)16-7-4-13(16)11-17-14-5-6-14/h13-17H,1-12H2. The minimum atomic E-state index is 0.885. The summed E-state index contributed by atoms with van der Waals surface area (Å²) >= 11 is 0. The Morgan fingerprint density at radius 1 is 0.842 bits per heavy atom. The molecule has 4 fully saturated rings. The van der Waals surface area contributed by atoms with Crippen molar-refractivity contribution in [2.75, 3.05) is 32.7 Å². The molecule has 0 bridgehead atoms. The third kappa shape index (κ3) is 2.70. The summed E-state index contributed by atoms with van der Waals surface area (Å²) in [5, 5.41) is 3.75. The molecule has 3 heteroatoms. The molecule has 2 aliphatic carbocycles. The molecule has 19 heavy (non-hydrogen) atoms. The highest BCUT2D eigenvalue weighted by Gasteiger charge is 2.39. The van der Waals surface area contributed by atoms with E-state index in [1.165, 1.54) is 77.7 Å². The summed E-state index contributed by atoms with van der Waals surface area (Å²) in [6, 6.07) is 2.68. The summed E-state index contributed by atoms with van der Waals surface area (Å²) in [5.41, 5.74) is 0. The van der Waals surface area contributed by atoms with Crippen molar-refractivity contribution in [3.8, 4) is 0 Å². The lowest BCUT2D eigenvalue weighted by Gasteiger charge is -2.45. The van der Waals surface area contributed by atoms with Crippen molar-refractivity contribution in [1.82, 2.24) is 15.1 Å². The largest absolute Gasteiger partial charge is 0.314 e. The first-order valence-electron chi connectivity index (χ1n) is 8.61. The predicted octanol–water partition coefficient (Wildman–Crippen LogP) is 1.69. The van der Waals surface area contributed by atoms with Gasteiger partial charge in [0.15, 0.2) is 0 Å². The van der Waals surface area contributed by atoms with Crippen LogP contribution in [0.4, 0.5) is 0 Å². The Morgan fingerprint density at radius 2 is 1.68 bits per heavy atom. The van der Waals surface area contributed by atoms with Gasteiger partial charge in [0, 0.05) is 24.7 Å². The Hall–Kier alpha value is -0.120. The Bertz CT molecular complexity index is 315. The fraction of sp³-hybridized carbons (Fsp3) is 1.00. The van der Waals surface area contributed by atoms with Crippen molar-refractivity contribution >= 4 is 0 Å². The number of rotatable bonds is 4. The summed E-state index contributed by atoms with van der Waals surface area (Å²) in [6.07, 6.45) is 10.1. The lowest BCUT2D eigenvalue weighted by atomic mass is 9.78. The van der Waals surface area contributed by atoms with Crippen molar-refractivity contribution in [3.63, 3.8) is 0 Å². The Labute approximate surface area is 117 Å². The van der Waals surface area contributed by atoms with Crippen LogP contribution in [0.5, 0.6) is 0 Å². The summed E-state index contributed by atoms with van der Waals surface area (Å²) in [4.78, 5) is 5.62. The average molecular weight is 263 g/mol. The number of fused-ring (bicyclic) bond motifs is 1. The molecule has 0 aromatic rings. The van der Waals surface area contributed by atoms with E-state index in [0.29, 0.717) is 0 Å². The molecule has 3 nitrogen and oxygen atoms in total. The first-order valence-corrected chi connectivity index (χ1v) is 8.61. The van der Waals surface area contributed by atoms with Gasteiger partial charge in [-0.25, -0.2) is 0 Å². The molecule has 2 saturated heterocycles. The topological polar surface area (TPSA) is 18.5 Å². The number of hydrogen-bond donors (Lipinski definition) is 1. The molecule has 0 aromatic heterocycles. The fourth-order valence-corrected chi connectivity index (χ4v) is 4.41. The summed E-state index contributed by atoms with van der Waals surface area (Å²) in [6.45, 7) is 6.75. The molecule has 2 saturated carbocycles. The Balaban J connectivity index is 1.32. The highest BCUT2D eigenvalue weighted by atomic mass is 15.3. The second kappa shape index (κ2) is 5.34. The van der Waals surface area contributed by atoms with Crippen LogP contribution in [-0.4, -0.2) is 60.6 Å². The predicted molar refractivity (Wildman–Crippen MR) is 78.3 cm³/mol. The van der Waals surface area contributed by atoms with Gasteiger partial charge < -0.3 is 5.32 Å². The van der Waals surface area contributed by atoms with Crippen LogP contribution in [0.2, 0.25) is 0 Å². The van der Waals surface area contributed by atoms with E-state index in [4.69, 9.17) is 0 Å². The van der Waals surface area contributed by atoms with Gasteiger partial charge >= 0.3 is 0 Å². The Morgan fingerprint density at radius 3 is 2.47 bits per heavy atom. The quantitative estimate of drug-likeness (QED) is 0.833. The smallest absolute Gasteiger partial charge is 0.0223 e. The van der Waals surface area contributed by atoms with Gasteiger partial charge in [0.2, 0.25) is 0 Å². The van der Waals surface area contributed by atoms with E-state index in [0.717, 1.165) is 24.0 Å². The number of hydrogen-bond acceptors (Lipinski definition) is 3. The first-order chi connectivity index (χ1) is 9.40. The molecule has 2 aliphatic heterocycles. The van der Waals surface area contributed by atoms with Gasteiger partial charge in [-0.15, -0.1) is 0 Å². The van der Waals surface area contributed by atoms with Crippen molar-refractivity contribution in [2.24, 2.45) is 5.92 Å². The maximum absolute atomic E-state index is 3.75. The average Bonchev–Trinajstić information content (AvgIpc) is 3.13. The molecule has 0 spiro atoms. The van der Waals surface area contributed by atoms with Crippen LogP contribution in [0.3, 0.4) is 0 Å². The van der Waals surface area contributed by atoms with Gasteiger partial charge in [-0.1, -0.05) is 0 Å². The number of nitrogens with zero attached hydrogens (tertiary/aromatic N) is 2. The molecule has 4 aliphatic rings. The van der Waals surface area contributed by atoms with Crippen LogP contribution in [0.25, 0.3) is 0 Å².